The molecule has 2 aromatic rings. The normalized spacial score (nSPS) is 14.3. The summed E-state index contributed by atoms with van der Waals surface area (Å²) in [6, 6.07) is 10.4. The van der Waals surface area contributed by atoms with Gasteiger partial charge in [0.1, 0.15) is 4.88 Å². The van der Waals surface area contributed by atoms with Crippen LogP contribution in [0.15, 0.2) is 43.0 Å². The molecule has 1 aromatic carbocycles. The van der Waals surface area contributed by atoms with Gasteiger partial charge in [-0.1, -0.05) is 35.6 Å². The number of methoxy groups -OCH3 is 1. The lowest BCUT2D eigenvalue weighted by Gasteiger charge is -2.36. The third-order valence-electron chi connectivity index (χ3n) is 4.25. The van der Waals surface area contributed by atoms with E-state index in [0.717, 1.165) is 31.3 Å². The SMILES string of the molecule is C=CCNC(=O)c1sc(N2CCN(c3ccccc3)CC2)nc1COC. The first-order valence-corrected chi connectivity index (χ1v) is 9.47. The van der Waals surface area contributed by atoms with E-state index in [4.69, 9.17) is 4.74 Å². The number of carbonyl (C=O) groups is 1. The molecule has 6 nitrogen and oxygen atoms in total. The molecule has 1 N–H and O–H groups in total. The summed E-state index contributed by atoms with van der Waals surface area (Å²) in [4.78, 5) is 22.3. The van der Waals surface area contributed by atoms with E-state index in [1.165, 1.54) is 17.0 Å². The first-order chi connectivity index (χ1) is 12.7. The number of anilines is 2. The smallest absolute Gasteiger partial charge is 0.263 e. The summed E-state index contributed by atoms with van der Waals surface area (Å²) in [5, 5.41) is 3.71. The molecule has 26 heavy (non-hydrogen) atoms. The molecular weight excluding hydrogens is 348 g/mol. The average Bonchev–Trinajstić information content (AvgIpc) is 3.11. The molecule has 0 radical (unpaired) electrons. The van der Waals surface area contributed by atoms with Crippen molar-refractivity contribution < 1.29 is 9.53 Å². The Hall–Kier alpha value is -2.38. The van der Waals surface area contributed by atoms with E-state index in [1.54, 1.807) is 13.2 Å². The van der Waals surface area contributed by atoms with Crippen LogP contribution in [0.5, 0.6) is 0 Å². The van der Waals surface area contributed by atoms with Gasteiger partial charge in [0.2, 0.25) is 0 Å². The van der Waals surface area contributed by atoms with E-state index in [0.29, 0.717) is 23.7 Å². The zero-order valence-electron chi connectivity index (χ0n) is 15.0. The summed E-state index contributed by atoms with van der Waals surface area (Å²) in [6.07, 6.45) is 1.67. The number of hydrogen-bond acceptors (Lipinski definition) is 6. The summed E-state index contributed by atoms with van der Waals surface area (Å²) < 4.78 is 5.22. The van der Waals surface area contributed by atoms with E-state index >= 15 is 0 Å². The van der Waals surface area contributed by atoms with Crippen molar-refractivity contribution in [3.8, 4) is 0 Å². The fourth-order valence-corrected chi connectivity index (χ4v) is 3.96. The highest BCUT2D eigenvalue weighted by Gasteiger charge is 2.24. The van der Waals surface area contributed by atoms with Crippen LogP contribution >= 0.6 is 11.3 Å². The lowest BCUT2D eigenvalue weighted by Crippen LogP contribution is -2.46. The van der Waals surface area contributed by atoms with Gasteiger partial charge in [0.25, 0.3) is 5.91 Å². The van der Waals surface area contributed by atoms with Crippen LogP contribution in [-0.2, 0) is 11.3 Å². The number of piperazine rings is 1. The van der Waals surface area contributed by atoms with Gasteiger partial charge in [0.15, 0.2) is 5.13 Å². The summed E-state index contributed by atoms with van der Waals surface area (Å²) in [6.45, 7) is 8.02. The first kappa shape index (κ1) is 18.4. The standard InChI is InChI=1S/C19H24N4O2S/c1-3-9-20-18(24)17-16(14-25-2)21-19(26-17)23-12-10-22(11-13-23)15-7-5-4-6-8-15/h3-8H,1,9-14H2,2H3,(H,20,24). The number of hydrogen-bond donors (Lipinski definition) is 1. The molecule has 7 heteroatoms. The molecule has 0 unspecified atom stereocenters. The Kier molecular flexibility index (Phi) is 6.25. The highest BCUT2D eigenvalue weighted by Crippen LogP contribution is 2.28. The number of benzene rings is 1. The molecule has 1 saturated heterocycles. The summed E-state index contributed by atoms with van der Waals surface area (Å²) >= 11 is 1.43. The van der Waals surface area contributed by atoms with Crippen molar-refractivity contribution in [3.63, 3.8) is 0 Å². The minimum atomic E-state index is -0.122. The molecule has 1 aromatic heterocycles. The minimum absolute atomic E-state index is 0.122. The lowest BCUT2D eigenvalue weighted by molar-refractivity contribution is 0.0957. The van der Waals surface area contributed by atoms with Crippen molar-refractivity contribution in [2.45, 2.75) is 6.61 Å². The molecule has 1 amide bonds. The predicted octanol–water partition coefficient (Wildman–Crippen LogP) is 2.53. The topological polar surface area (TPSA) is 57.7 Å². The first-order valence-electron chi connectivity index (χ1n) is 8.65. The van der Waals surface area contributed by atoms with Crippen molar-refractivity contribution in [1.82, 2.24) is 10.3 Å². The van der Waals surface area contributed by atoms with Crippen LogP contribution in [-0.4, -0.2) is 50.7 Å². The zero-order valence-corrected chi connectivity index (χ0v) is 15.8. The second-order valence-electron chi connectivity index (χ2n) is 6.01. The quantitative estimate of drug-likeness (QED) is 0.757. The number of nitrogens with zero attached hydrogens (tertiary/aromatic N) is 3. The molecule has 1 aliphatic heterocycles. The van der Waals surface area contributed by atoms with Crippen LogP contribution < -0.4 is 15.1 Å². The van der Waals surface area contributed by atoms with Crippen LogP contribution in [0.4, 0.5) is 10.8 Å². The molecule has 1 fully saturated rings. The molecule has 0 spiro atoms. The Balaban J connectivity index is 1.69. The summed E-state index contributed by atoms with van der Waals surface area (Å²) in [5.74, 6) is -0.122. The lowest BCUT2D eigenvalue weighted by atomic mass is 10.2. The van der Waals surface area contributed by atoms with Gasteiger partial charge in [-0.25, -0.2) is 4.98 Å². The van der Waals surface area contributed by atoms with Crippen molar-refractivity contribution >= 4 is 28.1 Å². The maximum absolute atomic E-state index is 12.4. The molecule has 138 valence electrons. The van der Waals surface area contributed by atoms with E-state index in [1.807, 2.05) is 6.07 Å². The van der Waals surface area contributed by atoms with E-state index in [2.05, 4.69) is 50.9 Å². The van der Waals surface area contributed by atoms with Gasteiger partial charge >= 0.3 is 0 Å². The fourth-order valence-electron chi connectivity index (χ4n) is 2.93. The van der Waals surface area contributed by atoms with Crippen molar-refractivity contribution in [2.24, 2.45) is 0 Å². The number of rotatable bonds is 7. The van der Waals surface area contributed by atoms with E-state index < -0.39 is 0 Å². The number of para-hydroxylation sites is 1. The van der Waals surface area contributed by atoms with Gasteiger partial charge in [-0.2, -0.15) is 0 Å². The number of carbonyl (C=O) groups excluding carboxylic acids is 1. The van der Waals surface area contributed by atoms with Crippen LogP contribution in [0, 0.1) is 0 Å². The molecule has 0 atom stereocenters. The Morgan fingerprint density at radius 2 is 1.96 bits per heavy atom. The Morgan fingerprint density at radius 1 is 1.27 bits per heavy atom. The number of ether oxygens (including phenoxy) is 1. The summed E-state index contributed by atoms with van der Waals surface area (Å²) in [7, 11) is 1.61. The van der Waals surface area contributed by atoms with Crippen LogP contribution in [0.3, 0.4) is 0 Å². The molecule has 1 aliphatic rings. The van der Waals surface area contributed by atoms with Gasteiger partial charge in [0.05, 0.1) is 12.3 Å². The summed E-state index contributed by atoms with van der Waals surface area (Å²) in [5.41, 5.74) is 1.94. The van der Waals surface area contributed by atoms with Crippen LogP contribution in [0.2, 0.25) is 0 Å². The Labute approximate surface area is 158 Å². The van der Waals surface area contributed by atoms with Crippen molar-refractivity contribution in [3.05, 3.63) is 53.6 Å². The van der Waals surface area contributed by atoms with Gasteiger partial charge in [0, 0.05) is 45.5 Å². The Morgan fingerprint density at radius 3 is 2.62 bits per heavy atom. The molecular formula is C19H24N4O2S. The fraction of sp³-hybridized carbons (Fsp3) is 0.368. The van der Waals surface area contributed by atoms with Gasteiger partial charge in [-0.3, -0.25) is 4.79 Å². The van der Waals surface area contributed by atoms with Crippen molar-refractivity contribution in [2.75, 3.05) is 49.6 Å². The van der Waals surface area contributed by atoms with Crippen LogP contribution in [0.25, 0.3) is 0 Å². The maximum atomic E-state index is 12.4. The van der Waals surface area contributed by atoms with Crippen LogP contribution in [0.1, 0.15) is 15.4 Å². The second-order valence-corrected chi connectivity index (χ2v) is 6.99. The van der Waals surface area contributed by atoms with Gasteiger partial charge in [-0.15, -0.1) is 6.58 Å². The molecule has 0 saturated carbocycles. The average molecular weight is 372 g/mol. The molecule has 3 rings (SSSR count). The number of nitrogens with one attached hydrogen (secondary N) is 1. The molecule has 2 heterocycles. The zero-order chi connectivity index (χ0) is 18.4. The highest BCUT2D eigenvalue weighted by atomic mass is 32.1. The van der Waals surface area contributed by atoms with Crippen molar-refractivity contribution in [1.29, 1.82) is 0 Å². The predicted molar refractivity (Wildman–Crippen MR) is 106 cm³/mol. The maximum Gasteiger partial charge on any atom is 0.263 e. The monoisotopic (exact) mass is 372 g/mol. The largest absolute Gasteiger partial charge is 0.378 e. The highest BCUT2D eigenvalue weighted by molar-refractivity contribution is 7.17. The minimum Gasteiger partial charge on any atom is -0.378 e. The number of thiazole rings is 1. The second kappa shape index (κ2) is 8.82. The molecule has 0 aliphatic carbocycles. The Bertz CT molecular complexity index is 739. The number of aromatic nitrogens is 1. The molecule has 0 bridgehead atoms. The van der Waals surface area contributed by atoms with Gasteiger partial charge in [-0.05, 0) is 12.1 Å². The third-order valence-corrected chi connectivity index (χ3v) is 5.41. The van der Waals surface area contributed by atoms with Gasteiger partial charge < -0.3 is 19.9 Å². The number of amides is 1. The third kappa shape index (κ3) is 4.23. The van der Waals surface area contributed by atoms with E-state index in [9.17, 15) is 4.79 Å². The van der Waals surface area contributed by atoms with E-state index in [-0.39, 0.29) is 5.91 Å².